The van der Waals surface area contributed by atoms with E-state index in [1.165, 1.54) is 4.90 Å². The number of carbonyl (C=O) groups excluding carboxylic acids is 2. The minimum atomic E-state index is -0.676. The second-order valence-corrected chi connectivity index (χ2v) is 6.32. The lowest BCUT2D eigenvalue weighted by Crippen LogP contribution is -2.50. The van der Waals surface area contributed by atoms with E-state index in [-0.39, 0.29) is 11.9 Å². The number of urea groups is 1. The second kappa shape index (κ2) is 5.08. The molecule has 1 unspecified atom stereocenters. The Kier molecular flexibility index (Phi) is 3.47. The quantitative estimate of drug-likeness (QED) is 0.773. The zero-order chi connectivity index (χ0) is 16.1. The Balaban J connectivity index is 1.68. The van der Waals surface area contributed by atoms with Gasteiger partial charge in [-0.25, -0.2) is 4.79 Å². The van der Waals surface area contributed by atoms with Crippen LogP contribution >= 0.6 is 0 Å². The van der Waals surface area contributed by atoms with Gasteiger partial charge in [0, 0.05) is 39.3 Å². The first-order valence-corrected chi connectivity index (χ1v) is 7.57. The summed E-state index contributed by atoms with van der Waals surface area (Å²) in [5.41, 5.74) is 1.39. The molecular formula is C15H22N4O3. The molecule has 1 aromatic heterocycles. The van der Waals surface area contributed by atoms with E-state index in [4.69, 9.17) is 4.52 Å². The van der Waals surface area contributed by atoms with Crippen LogP contribution in [0.15, 0.2) is 4.52 Å². The molecule has 0 aliphatic carbocycles. The molecule has 1 aromatic rings. The van der Waals surface area contributed by atoms with E-state index in [9.17, 15) is 9.59 Å². The highest BCUT2D eigenvalue weighted by Gasteiger charge is 2.57. The smallest absolute Gasteiger partial charge is 0.327 e. The van der Waals surface area contributed by atoms with Crippen molar-refractivity contribution in [3.63, 3.8) is 0 Å². The highest BCUT2D eigenvalue weighted by Crippen LogP contribution is 2.34. The molecular weight excluding hydrogens is 284 g/mol. The Morgan fingerprint density at radius 3 is 2.55 bits per heavy atom. The lowest BCUT2D eigenvalue weighted by Gasteiger charge is -2.28. The summed E-state index contributed by atoms with van der Waals surface area (Å²) >= 11 is 0. The number of likely N-dealkylation sites (tertiary alicyclic amines) is 1. The van der Waals surface area contributed by atoms with Crippen LogP contribution in [0.2, 0.25) is 0 Å². The van der Waals surface area contributed by atoms with Crippen molar-refractivity contribution in [3.05, 3.63) is 17.0 Å². The molecule has 22 heavy (non-hydrogen) atoms. The number of nitrogens with zero attached hydrogens (tertiary/aromatic N) is 4. The molecule has 3 rings (SSSR count). The average molecular weight is 306 g/mol. The number of hydrogen-bond acceptors (Lipinski definition) is 5. The van der Waals surface area contributed by atoms with E-state index in [0.717, 1.165) is 36.5 Å². The van der Waals surface area contributed by atoms with Gasteiger partial charge >= 0.3 is 6.03 Å². The maximum Gasteiger partial charge on any atom is 0.327 e. The Labute approximate surface area is 129 Å². The van der Waals surface area contributed by atoms with E-state index in [0.29, 0.717) is 13.0 Å². The van der Waals surface area contributed by atoms with Crippen LogP contribution in [0.1, 0.15) is 23.4 Å². The van der Waals surface area contributed by atoms with Crippen molar-refractivity contribution in [2.45, 2.75) is 32.2 Å². The SMILES string of the molecule is Cc1noc(C)c1CCN1CCC2(C1)C(=O)N(C)C(=O)N2C. The summed E-state index contributed by atoms with van der Waals surface area (Å²) in [7, 11) is 3.28. The number of hydrogen-bond donors (Lipinski definition) is 0. The number of amides is 3. The van der Waals surface area contributed by atoms with Crippen LogP contribution in [0, 0.1) is 13.8 Å². The summed E-state index contributed by atoms with van der Waals surface area (Å²) < 4.78 is 5.18. The number of likely N-dealkylation sites (N-methyl/N-ethyl adjacent to an activating group) is 2. The largest absolute Gasteiger partial charge is 0.361 e. The lowest BCUT2D eigenvalue weighted by atomic mass is 9.97. The fourth-order valence-corrected chi connectivity index (χ4v) is 3.59. The van der Waals surface area contributed by atoms with Crippen molar-refractivity contribution in [2.75, 3.05) is 33.7 Å². The van der Waals surface area contributed by atoms with Gasteiger partial charge in [-0.2, -0.15) is 0 Å². The molecule has 0 bridgehead atoms. The number of aromatic nitrogens is 1. The van der Waals surface area contributed by atoms with E-state index >= 15 is 0 Å². The number of carbonyl (C=O) groups is 2. The number of rotatable bonds is 3. The zero-order valence-electron chi connectivity index (χ0n) is 13.5. The van der Waals surface area contributed by atoms with Crippen LogP contribution in [-0.2, 0) is 11.2 Å². The van der Waals surface area contributed by atoms with Gasteiger partial charge in [-0.1, -0.05) is 5.16 Å². The minimum absolute atomic E-state index is 0.0835. The molecule has 1 spiro atoms. The van der Waals surface area contributed by atoms with E-state index in [1.54, 1.807) is 19.0 Å². The van der Waals surface area contributed by atoms with Gasteiger partial charge in [0.2, 0.25) is 0 Å². The molecule has 3 amide bonds. The molecule has 7 nitrogen and oxygen atoms in total. The normalized spacial score (nSPS) is 26.0. The highest BCUT2D eigenvalue weighted by atomic mass is 16.5. The summed E-state index contributed by atoms with van der Waals surface area (Å²) in [5.74, 6) is 0.773. The number of aryl methyl sites for hydroxylation is 2. The van der Waals surface area contributed by atoms with Gasteiger partial charge in [0.25, 0.3) is 5.91 Å². The standard InChI is InChI=1S/C15H22N4O3/c1-10-12(11(2)22-16-10)5-7-19-8-6-15(9-19)13(20)17(3)14(21)18(15)4/h5-9H2,1-4H3. The Hall–Kier alpha value is -1.89. The molecule has 7 heteroatoms. The molecule has 120 valence electrons. The van der Waals surface area contributed by atoms with Crippen molar-refractivity contribution < 1.29 is 14.1 Å². The Morgan fingerprint density at radius 1 is 1.27 bits per heavy atom. The van der Waals surface area contributed by atoms with Gasteiger partial charge in [0.1, 0.15) is 11.3 Å². The van der Waals surface area contributed by atoms with Gasteiger partial charge in [-0.05, 0) is 26.7 Å². The summed E-state index contributed by atoms with van der Waals surface area (Å²) in [6, 6.07) is -0.211. The van der Waals surface area contributed by atoms with Gasteiger partial charge in [-0.3, -0.25) is 9.69 Å². The fourth-order valence-electron chi connectivity index (χ4n) is 3.59. The van der Waals surface area contributed by atoms with E-state index in [2.05, 4.69) is 10.1 Å². The predicted octanol–water partition coefficient (Wildman–Crippen LogP) is 0.802. The van der Waals surface area contributed by atoms with Crippen LogP contribution in [0.4, 0.5) is 4.79 Å². The topological polar surface area (TPSA) is 69.9 Å². The van der Waals surface area contributed by atoms with Crippen molar-refractivity contribution >= 4 is 11.9 Å². The Bertz CT molecular complexity index is 607. The first-order chi connectivity index (χ1) is 10.4. The molecule has 0 radical (unpaired) electrons. The van der Waals surface area contributed by atoms with E-state index in [1.807, 2.05) is 13.8 Å². The molecule has 1 atom stereocenters. The number of imide groups is 1. The van der Waals surface area contributed by atoms with Crippen molar-refractivity contribution in [2.24, 2.45) is 0 Å². The molecule has 0 aromatic carbocycles. The minimum Gasteiger partial charge on any atom is -0.361 e. The van der Waals surface area contributed by atoms with Crippen molar-refractivity contribution in [1.82, 2.24) is 19.9 Å². The van der Waals surface area contributed by atoms with E-state index < -0.39 is 5.54 Å². The summed E-state index contributed by atoms with van der Waals surface area (Å²) in [6.07, 6.45) is 1.54. The van der Waals surface area contributed by atoms with Crippen molar-refractivity contribution in [1.29, 1.82) is 0 Å². The fraction of sp³-hybridized carbons (Fsp3) is 0.667. The van der Waals surface area contributed by atoms with Crippen LogP contribution in [0.25, 0.3) is 0 Å². The first kappa shape index (κ1) is 15.0. The van der Waals surface area contributed by atoms with Crippen LogP contribution in [0.3, 0.4) is 0 Å². The maximum atomic E-state index is 12.4. The highest BCUT2D eigenvalue weighted by molar-refractivity contribution is 6.07. The third kappa shape index (κ3) is 2.03. The van der Waals surface area contributed by atoms with Gasteiger partial charge < -0.3 is 14.3 Å². The monoisotopic (exact) mass is 306 g/mol. The average Bonchev–Trinajstić information content (AvgIpc) is 3.11. The summed E-state index contributed by atoms with van der Waals surface area (Å²) in [5, 5.41) is 3.97. The molecule has 0 saturated carbocycles. The summed E-state index contributed by atoms with van der Waals surface area (Å²) in [4.78, 5) is 29.5. The maximum absolute atomic E-state index is 12.4. The molecule has 2 aliphatic rings. The third-order valence-corrected chi connectivity index (χ3v) is 5.10. The Morgan fingerprint density at radius 2 is 2.00 bits per heavy atom. The zero-order valence-corrected chi connectivity index (χ0v) is 13.5. The van der Waals surface area contributed by atoms with Crippen LogP contribution in [-0.4, -0.2) is 71.1 Å². The molecule has 0 N–H and O–H groups in total. The molecule has 2 fully saturated rings. The lowest BCUT2D eigenvalue weighted by molar-refractivity contribution is -0.131. The molecule has 2 saturated heterocycles. The predicted molar refractivity (Wildman–Crippen MR) is 79.4 cm³/mol. The third-order valence-electron chi connectivity index (χ3n) is 5.10. The van der Waals surface area contributed by atoms with Gasteiger partial charge in [0.15, 0.2) is 0 Å². The van der Waals surface area contributed by atoms with Crippen molar-refractivity contribution in [3.8, 4) is 0 Å². The first-order valence-electron chi connectivity index (χ1n) is 7.57. The molecule has 3 heterocycles. The van der Waals surface area contributed by atoms with Crippen LogP contribution < -0.4 is 0 Å². The van der Waals surface area contributed by atoms with Crippen LogP contribution in [0.5, 0.6) is 0 Å². The molecule has 2 aliphatic heterocycles. The second-order valence-electron chi connectivity index (χ2n) is 6.32. The van der Waals surface area contributed by atoms with Gasteiger partial charge in [-0.15, -0.1) is 0 Å². The summed E-state index contributed by atoms with van der Waals surface area (Å²) in [6.45, 7) is 6.12. The van der Waals surface area contributed by atoms with Gasteiger partial charge in [0.05, 0.1) is 5.69 Å².